The van der Waals surface area contributed by atoms with Crippen LogP contribution in [0.4, 0.5) is 9.18 Å². The number of benzene rings is 2. The molecule has 3 rings (SSSR count). The fourth-order valence-electron chi connectivity index (χ4n) is 2.25. The van der Waals surface area contributed by atoms with Crippen LogP contribution in [-0.2, 0) is 17.9 Å². The van der Waals surface area contributed by atoms with Crippen molar-refractivity contribution in [3.63, 3.8) is 0 Å². The van der Waals surface area contributed by atoms with Gasteiger partial charge in [-0.2, -0.15) is 0 Å². The second kappa shape index (κ2) is 6.20. The van der Waals surface area contributed by atoms with Crippen molar-refractivity contribution < 1.29 is 13.9 Å². The molecule has 1 aliphatic rings. The highest BCUT2D eigenvalue weighted by molar-refractivity contribution is 6.31. The van der Waals surface area contributed by atoms with E-state index in [9.17, 15) is 9.18 Å². The maximum absolute atomic E-state index is 13.2. The Bertz CT molecular complexity index is 745. The maximum atomic E-state index is 13.2. The van der Waals surface area contributed by atoms with E-state index in [1.165, 1.54) is 23.1 Å². The van der Waals surface area contributed by atoms with Crippen molar-refractivity contribution in [1.29, 1.82) is 0 Å². The molecule has 0 unspecified atom stereocenters. The highest BCUT2D eigenvalue weighted by Crippen LogP contribution is 2.21. The van der Waals surface area contributed by atoms with Gasteiger partial charge in [0.15, 0.2) is 0 Å². The minimum absolute atomic E-state index is 0.0680. The lowest BCUT2D eigenvalue weighted by Crippen LogP contribution is -2.28. The number of ether oxygens (including phenoxy) is 1. The normalized spacial score (nSPS) is 12.9. The molecule has 1 amide bonds. The van der Waals surface area contributed by atoms with Gasteiger partial charge in [-0.05, 0) is 35.4 Å². The van der Waals surface area contributed by atoms with E-state index < -0.39 is 11.9 Å². The van der Waals surface area contributed by atoms with Crippen LogP contribution in [0, 0.1) is 5.82 Å². The van der Waals surface area contributed by atoms with Gasteiger partial charge in [-0.3, -0.25) is 4.90 Å². The second-order valence-electron chi connectivity index (χ2n) is 4.93. The van der Waals surface area contributed by atoms with Crippen molar-refractivity contribution in [3.05, 3.63) is 76.2 Å². The third-order valence-corrected chi connectivity index (χ3v) is 3.79. The summed E-state index contributed by atoms with van der Waals surface area (Å²) in [5.74, 6) is -0.415. The summed E-state index contributed by atoms with van der Waals surface area (Å²) in [7, 11) is 0. The van der Waals surface area contributed by atoms with Crippen LogP contribution in [0.1, 0.15) is 16.7 Å². The predicted molar refractivity (Wildman–Crippen MR) is 82.6 cm³/mol. The minimum atomic E-state index is -0.494. The predicted octanol–water partition coefficient (Wildman–Crippen LogP) is 4.60. The molecule has 0 fully saturated rings. The summed E-state index contributed by atoms with van der Waals surface area (Å²) in [5, 5.41) is 0.369. The number of carbonyl (C=O) groups excluding carboxylic acids is 1. The lowest BCUT2D eigenvalue weighted by atomic mass is 10.1. The second-order valence-corrected chi connectivity index (χ2v) is 5.34. The van der Waals surface area contributed by atoms with E-state index in [4.69, 9.17) is 16.3 Å². The molecule has 2 aromatic carbocycles. The quantitative estimate of drug-likeness (QED) is 0.810. The van der Waals surface area contributed by atoms with Crippen LogP contribution in [0.5, 0.6) is 0 Å². The third-order valence-electron chi connectivity index (χ3n) is 3.42. The van der Waals surface area contributed by atoms with Crippen molar-refractivity contribution in [2.24, 2.45) is 0 Å². The summed E-state index contributed by atoms with van der Waals surface area (Å²) >= 11 is 5.95. The molecule has 3 nitrogen and oxygen atoms in total. The molecule has 0 aliphatic carbocycles. The Hall–Kier alpha value is -2.33. The molecule has 0 atom stereocenters. The zero-order valence-corrected chi connectivity index (χ0v) is 12.4. The van der Waals surface area contributed by atoms with E-state index in [-0.39, 0.29) is 6.61 Å². The van der Waals surface area contributed by atoms with Crippen LogP contribution >= 0.6 is 11.6 Å². The average Bonchev–Trinajstić information content (AvgIpc) is 2.55. The van der Waals surface area contributed by atoms with Crippen molar-refractivity contribution in [1.82, 2.24) is 4.90 Å². The molecule has 1 aliphatic heterocycles. The summed E-state index contributed by atoms with van der Waals surface area (Å²) in [5.41, 5.74) is 2.57. The fourth-order valence-corrected chi connectivity index (χ4v) is 2.42. The number of rotatable bonds is 2. The maximum Gasteiger partial charge on any atom is 0.414 e. The molecule has 0 bridgehead atoms. The van der Waals surface area contributed by atoms with Crippen LogP contribution in [0.15, 0.2) is 48.7 Å². The van der Waals surface area contributed by atoms with Crippen molar-refractivity contribution in [3.8, 4) is 0 Å². The highest BCUT2D eigenvalue weighted by atomic mass is 35.5. The number of hydrogen-bond donors (Lipinski definition) is 0. The number of amides is 1. The Balaban J connectivity index is 1.65. The minimum Gasteiger partial charge on any atom is -0.444 e. The molecular formula is C17H13ClFNO2. The van der Waals surface area contributed by atoms with E-state index in [1.54, 1.807) is 6.20 Å². The third kappa shape index (κ3) is 3.12. The van der Waals surface area contributed by atoms with E-state index in [0.717, 1.165) is 11.1 Å². The number of nitrogens with zero attached hydrogens (tertiary/aromatic N) is 1. The molecule has 112 valence electrons. The van der Waals surface area contributed by atoms with Crippen molar-refractivity contribution >= 4 is 23.8 Å². The molecule has 0 saturated carbocycles. The van der Waals surface area contributed by atoms with E-state index in [1.807, 2.05) is 30.3 Å². The van der Waals surface area contributed by atoms with Gasteiger partial charge in [0.1, 0.15) is 12.4 Å². The molecule has 0 saturated heterocycles. The average molecular weight is 318 g/mol. The fraction of sp³-hybridized carbons (Fsp3) is 0.118. The SMILES string of the molecule is O=C(OCc1cc(F)ccc1Cl)N1C=Cc2ccccc2C1. The number of fused-ring (bicyclic) bond motifs is 1. The number of hydrogen-bond acceptors (Lipinski definition) is 2. The van der Waals surface area contributed by atoms with Gasteiger partial charge in [0.2, 0.25) is 0 Å². The van der Waals surface area contributed by atoms with Gasteiger partial charge in [0.25, 0.3) is 0 Å². The van der Waals surface area contributed by atoms with Gasteiger partial charge >= 0.3 is 6.09 Å². The highest BCUT2D eigenvalue weighted by Gasteiger charge is 2.18. The molecule has 5 heteroatoms. The zero-order chi connectivity index (χ0) is 15.5. The lowest BCUT2D eigenvalue weighted by molar-refractivity contribution is 0.108. The molecular weight excluding hydrogens is 305 g/mol. The summed E-state index contributed by atoms with van der Waals surface area (Å²) in [6, 6.07) is 11.8. The van der Waals surface area contributed by atoms with Gasteiger partial charge in [-0.15, -0.1) is 0 Å². The van der Waals surface area contributed by atoms with E-state index in [0.29, 0.717) is 17.1 Å². The van der Waals surface area contributed by atoms with Gasteiger partial charge in [-0.1, -0.05) is 35.9 Å². The molecule has 0 aromatic heterocycles. The first kappa shape index (κ1) is 14.6. The van der Waals surface area contributed by atoms with E-state index in [2.05, 4.69) is 0 Å². The summed E-state index contributed by atoms with van der Waals surface area (Å²) in [6.07, 6.45) is 3.04. The topological polar surface area (TPSA) is 29.5 Å². The first-order valence-electron chi connectivity index (χ1n) is 6.77. The molecule has 2 aromatic rings. The first-order chi connectivity index (χ1) is 10.6. The van der Waals surface area contributed by atoms with Crippen LogP contribution < -0.4 is 0 Å². The van der Waals surface area contributed by atoms with Crippen LogP contribution in [-0.4, -0.2) is 11.0 Å². The standard InChI is InChI=1S/C17H13ClFNO2/c18-16-6-5-15(19)9-14(16)11-22-17(21)20-8-7-12-3-1-2-4-13(12)10-20/h1-9H,10-11H2. The zero-order valence-electron chi connectivity index (χ0n) is 11.6. The Morgan fingerprint density at radius 3 is 2.95 bits per heavy atom. The monoisotopic (exact) mass is 317 g/mol. The Morgan fingerprint density at radius 2 is 2.09 bits per heavy atom. The lowest BCUT2D eigenvalue weighted by Gasteiger charge is -2.23. The largest absolute Gasteiger partial charge is 0.444 e. The summed E-state index contributed by atoms with van der Waals surface area (Å²) in [4.78, 5) is 13.6. The molecule has 1 heterocycles. The smallest absolute Gasteiger partial charge is 0.414 e. The van der Waals surface area contributed by atoms with Gasteiger partial charge in [0.05, 0.1) is 6.54 Å². The van der Waals surface area contributed by atoms with Gasteiger partial charge in [-0.25, -0.2) is 9.18 Å². The van der Waals surface area contributed by atoms with Crippen LogP contribution in [0.3, 0.4) is 0 Å². The molecule has 0 N–H and O–H groups in total. The Labute approximate surface area is 132 Å². The van der Waals surface area contributed by atoms with Crippen molar-refractivity contribution in [2.45, 2.75) is 13.2 Å². The van der Waals surface area contributed by atoms with E-state index >= 15 is 0 Å². The van der Waals surface area contributed by atoms with Gasteiger partial charge < -0.3 is 4.74 Å². The molecule has 0 spiro atoms. The number of halogens is 2. The Morgan fingerprint density at radius 1 is 1.27 bits per heavy atom. The van der Waals surface area contributed by atoms with Gasteiger partial charge in [0, 0.05) is 16.8 Å². The first-order valence-corrected chi connectivity index (χ1v) is 7.15. The summed E-state index contributed by atoms with van der Waals surface area (Å²) < 4.78 is 18.4. The number of carbonyl (C=O) groups is 1. The van der Waals surface area contributed by atoms with Crippen LogP contribution in [0.2, 0.25) is 5.02 Å². The molecule has 0 radical (unpaired) electrons. The Kier molecular flexibility index (Phi) is 4.11. The van der Waals surface area contributed by atoms with Crippen molar-refractivity contribution in [2.75, 3.05) is 0 Å². The molecule has 22 heavy (non-hydrogen) atoms. The van der Waals surface area contributed by atoms with Crippen LogP contribution in [0.25, 0.3) is 6.08 Å². The summed E-state index contributed by atoms with van der Waals surface area (Å²) in [6.45, 7) is 0.379.